The molecule has 35 heavy (non-hydrogen) atoms. The molecule has 1 N–H and O–H groups in total. The number of thioether (sulfide) groups is 1. The average Bonchev–Trinajstić information content (AvgIpc) is 2.85. The van der Waals surface area contributed by atoms with Crippen molar-refractivity contribution in [3.8, 4) is 0 Å². The number of likely N-dealkylation sites (N-methyl/N-ethyl adjacent to an activating group) is 1. The Labute approximate surface area is 229 Å². The van der Waals surface area contributed by atoms with Gasteiger partial charge in [-0.05, 0) is 41.0 Å². The Morgan fingerprint density at radius 3 is 2.17 bits per heavy atom. The minimum absolute atomic E-state index is 0.144. The monoisotopic (exact) mass is 568 g/mol. The molecule has 1 atom stereocenters. The number of amides is 2. The van der Waals surface area contributed by atoms with Crippen LogP contribution in [0.5, 0.6) is 0 Å². The second kappa shape index (κ2) is 13.4. The Morgan fingerprint density at radius 2 is 1.54 bits per heavy atom. The zero-order valence-corrected chi connectivity index (χ0v) is 22.8. The van der Waals surface area contributed by atoms with Crippen LogP contribution >= 0.6 is 58.2 Å². The summed E-state index contributed by atoms with van der Waals surface area (Å²) in [5.74, 6) is 0.175. The SMILES string of the molecule is CNC(=O)C(Cc1ccccc1)N(Cc1ccc(Cl)c(Cl)c1)C(=O)CSCc1c(Cl)cccc1Cl. The summed E-state index contributed by atoms with van der Waals surface area (Å²) in [7, 11) is 1.57. The molecular weight excluding hydrogens is 546 g/mol. The van der Waals surface area contributed by atoms with E-state index in [-0.39, 0.29) is 24.1 Å². The quantitative estimate of drug-likeness (QED) is 0.288. The first kappa shape index (κ1) is 27.7. The topological polar surface area (TPSA) is 49.4 Å². The number of carbonyl (C=O) groups excluding carboxylic acids is 2. The molecule has 2 amide bonds. The van der Waals surface area contributed by atoms with E-state index in [0.29, 0.717) is 32.3 Å². The van der Waals surface area contributed by atoms with Crippen LogP contribution in [0.1, 0.15) is 16.7 Å². The lowest BCUT2D eigenvalue weighted by atomic mass is 10.0. The Kier molecular flexibility index (Phi) is 10.6. The third kappa shape index (κ3) is 7.80. The van der Waals surface area contributed by atoms with E-state index in [9.17, 15) is 9.59 Å². The number of nitrogens with one attached hydrogen (secondary N) is 1. The van der Waals surface area contributed by atoms with Gasteiger partial charge in [0.25, 0.3) is 0 Å². The largest absolute Gasteiger partial charge is 0.357 e. The molecule has 0 heterocycles. The van der Waals surface area contributed by atoms with Gasteiger partial charge in [-0.15, -0.1) is 11.8 Å². The summed E-state index contributed by atoms with van der Waals surface area (Å²) in [6.45, 7) is 0.202. The van der Waals surface area contributed by atoms with Crippen LogP contribution in [0.2, 0.25) is 20.1 Å². The van der Waals surface area contributed by atoms with Gasteiger partial charge >= 0.3 is 0 Å². The lowest BCUT2D eigenvalue weighted by Gasteiger charge is -2.31. The molecule has 0 saturated carbocycles. The highest BCUT2D eigenvalue weighted by molar-refractivity contribution is 7.99. The first-order valence-corrected chi connectivity index (χ1v) is 13.5. The van der Waals surface area contributed by atoms with Gasteiger partial charge in [0, 0.05) is 35.8 Å². The molecule has 3 aromatic carbocycles. The maximum absolute atomic E-state index is 13.5. The summed E-state index contributed by atoms with van der Waals surface area (Å²) in [5, 5.41) is 4.62. The average molecular weight is 570 g/mol. The molecule has 0 spiro atoms. The third-order valence-corrected chi connectivity index (χ3v) is 7.78. The molecule has 3 aromatic rings. The highest BCUT2D eigenvalue weighted by Gasteiger charge is 2.30. The van der Waals surface area contributed by atoms with E-state index in [2.05, 4.69) is 5.32 Å². The molecule has 0 aliphatic rings. The van der Waals surface area contributed by atoms with Crippen molar-refractivity contribution in [1.29, 1.82) is 0 Å². The second-order valence-electron chi connectivity index (χ2n) is 7.78. The normalized spacial score (nSPS) is 11.7. The van der Waals surface area contributed by atoms with Crippen molar-refractivity contribution >= 4 is 70.0 Å². The first-order chi connectivity index (χ1) is 16.8. The molecule has 0 aliphatic carbocycles. The smallest absolute Gasteiger partial charge is 0.242 e. The molecule has 0 saturated heterocycles. The Hall–Kier alpha value is -1.89. The summed E-state index contributed by atoms with van der Waals surface area (Å²) in [6, 6.07) is 19.4. The standard InChI is InChI=1S/C26H24Cl4N2O2S/c1-31-26(34)24(13-17-6-3-2-4-7-17)32(14-18-10-11-22(29)23(30)12-18)25(33)16-35-15-19-20(27)8-5-9-21(19)28/h2-12,24H,13-16H2,1H3,(H,31,34). The van der Waals surface area contributed by atoms with E-state index in [1.165, 1.54) is 11.8 Å². The minimum atomic E-state index is -0.714. The number of nitrogens with zero attached hydrogens (tertiary/aromatic N) is 1. The lowest BCUT2D eigenvalue weighted by Crippen LogP contribution is -2.50. The Morgan fingerprint density at radius 1 is 0.857 bits per heavy atom. The molecule has 0 bridgehead atoms. The van der Waals surface area contributed by atoms with Gasteiger partial charge in [-0.25, -0.2) is 0 Å². The van der Waals surface area contributed by atoms with Crippen molar-refractivity contribution in [3.63, 3.8) is 0 Å². The van der Waals surface area contributed by atoms with E-state index in [1.54, 1.807) is 48.3 Å². The van der Waals surface area contributed by atoms with Crippen LogP contribution in [0, 0.1) is 0 Å². The highest BCUT2D eigenvalue weighted by Crippen LogP contribution is 2.29. The van der Waals surface area contributed by atoms with Crippen molar-refractivity contribution in [1.82, 2.24) is 10.2 Å². The summed E-state index contributed by atoms with van der Waals surface area (Å²) in [4.78, 5) is 28.1. The van der Waals surface area contributed by atoms with Crippen molar-refractivity contribution in [2.45, 2.75) is 24.8 Å². The molecule has 184 valence electrons. The minimum Gasteiger partial charge on any atom is -0.357 e. The van der Waals surface area contributed by atoms with E-state index in [1.807, 2.05) is 30.3 Å². The maximum atomic E-state index is 13.5. The third-order valence-electron chi connectivity index (χ3n) is 5.39. The van der Waals surface area contributed by atoms with Gasteiger partial charge in [0.1, 0.15) is 6.04 Å². The predicted molar refractivity (Wildman–Crippen MR) is 148 cm³/mol. The summed E-state index contributed by atoms with van der Waals surface area (Å²) < 4.78 is 0. The van der Waals surface area contributed by atoms with Crippen molar-refractivity contribution in [2.75, 3.05) is 12.8 Å². The number of halogens is 4. The van der Waals surface area contributed by atoms with E-state index < -0.39 is 6.04 Å². The van der Waals surface area contributed by atoms with Gasteiger partial charge in [0.15, 0.2) is 0 Å². The second-order valence-corrected chi connectivity index (χ2v) is 10.4. The van der Waals surface area contributed by atoms with Crippen LogP contribution in [-0.2, 0) is 28.3 Å². The lowest BCUT2D eigenvalue weighted by molar-refractivity contribution is -0.139. The molecule has 9 heteroatoms. The molecule has 0 aliphatic heterocycles. The van der Waals surface area contributed by atoms with E-state index in [0.717, 1.165) is 16.7 Å². The van der Waals surface area contributed by atoms with Gasteiger partial charge in [-0.3, -0.25) is 9.59 Å². The van der Waals surface area contributed by atoms with Crippen LogP contribution in [-0.4, -0.2) is 35.6 Å². The summed E-state index contributed by atoms with van der Waals surface area (Å²) in [6.07, 6.45) is 0.370. The van der Waals surface area contributed by atoms with Crippen LogP contribution in [0.25, 0.3) is 0 Å². The Balaban J connectivity index is 1.85. The van der Waals surface area contributed by atoms with Crippen LogP contribution < -0.4 is 5.32 Å². The van der Waals surface area contributed by atoms with Gasteiger partial charge in [-0.1, -0.05) is 88.9 Å². The van der Waals surface area contributed by atoms with Crippen LogP contribution in [0.3, 0.4) is 0 Å². The zero-order valence-electron chi connectivity index (χ0n) is 18.9. The number of hydrogen-bond donors (Lipinski definition) is 1. The van der Waals surface area contributed by atoms with Gasteiger partial charge in [-0.2, -0.15) is 0 Å². The first-order valence-electron chi connectivity index (χ1n) is 10.8. The number of carbonyl (C=O) groups is 2. The van der Waals surface area contributed by atoms with Gasteiger partial charge in [0.2, 0.25) is 11.8 Å². The van der Waals surface area contributed by atoms with Crippen molar-refractivity contribution in [3.05, 3.63) is 104 Å². The number of rotatable bonds is 10. The predicted octanol–water partition coefficient (Wildman–Crippen LogP) is 6.92. The molecular formula is C26H24Cl4N2O2S. The summed E-state index contributed by atoms with van der Waals surface area (Å²) in [5.41, 5.74) is 2.49. The van der Waals surface area contributed by atoms with Gasteiger partial charge in [0.05, 0.1) is 15.8 Å². The van der Waals surface area contributed by atoms with E-state index >= 15 is 0 Å². The fraction of sp³-hybridized carbons (Fsp3) is 0.231. The molecule has 0 radical (unpaired) electrons. The van der Waals surface area contributed by atoms with Crippen molar-refractivity contribution < 1.29 is 9.59 Å². The maximum Gasteiger partial charge on any atom is 0.242 e. The molecule has 3 rings (SSSR count). The zero-order chi connectivity index (χ0) is 25.4. The molecule has 0 fully saturated rings. The van der Waals surface area contributed by atoms with Crippen LogP contribution in [0.4, 0.5) is 0 Å². The number of benzene rings is 3. The van der Waals surface area contributed by atoms with Crippen LogP contribution in [0.15, 0.2) is 66.7 Å². The van der Waals surface area contributed by atoms with E-state index in [4.69, 9.17) is 46.4 Å². The molecule has 4 nitrogen and oxygen atoms in total. The summed E-state index contributed by atoms with van der Waals surface area (Å²) >= 11 is 26.2. The van der Waals surface area contributed by atoms with Gasteiger partial charge < -0.3 is 10.2 Å². The fourth-order valence-electron chi connectivity index (χ4n) is 3.55. The Bertz CT molecular complexity index is 1160. The molecule has 0 aromatic heterocycles. The number of hydrogen-bond acceptors (Lipinski definition) is 3. The fourth-order valence-corrected chi connectivity index (χ4v) is 5.52. The molecule has 1 unspecified atom stereocenters. The highest BCUT2D eigenvalue weighted by atomic mass is 35.5. The van der Waals surface area contributed by atoms with Crippen molar-refractivity contribution in [2.24, 2.45) is 0 Å².